The highest BCUT2D eigenvalue weighted by atomic mass is 15.1. The summed E-state index contributed by atoms with van der Waals surface area (Å²) in [6.45, 7) is 6.78. The molecule has 3 aromatic rings. The van der Waals surface area contributed by atoms with Crippen LogP contribution < -0.4 is 9.47 Å². The zero-order chi connectivity index (χ0) is 30.0. The second-order valence-corrected chi connectivity index (χ2v) is 12.4. The van der Waals surface area contributed by atoms with E-state index in [2.05, 4.69) is 115 Å². The molecule has 0 aliphatic carbocycles. The maximum Gasteiger partial charge on any atom is 0.213 e. The molecule has 2 nitrogen and oxygen atoms in total. The third kappa shape index (κ3) is 10.5. The summed E-state index contributed by atoms with van der Waals surface area (Å²) in [7, 11) is 0. The van der Waals surface area contributed by atoms with Crippen molar-refractivity contribution in [2.45, 2.75) is 123 Å². The molecule has 2 heteroatoms. The summed E-state index contributed by atoms with van der Waals surface area (Å²) in [4.78, 5) is 2.45. The third-order valence-corrected chi connectivity index (χ3v) is 8.97. The second kappa shape index (κ2) is 19.2. The van der Waals surface area contributed by atoms with Crippen LogP contribution in [0.3, 0.4) is 0 Å². The monoisotopic (exact) mass is 577 g/mol. The van der Waals surface area contributed by atoms with E-state index < -0.39 is 0 Å². The number of hydrogen-bond donors (Lipinski definition) is 0. The zero-order valence-electron chi connectivity index (χ0n) is 27.3. The number of pyridine rings is 1. The number of para-hydroxylation sites is 2. The molecule has 0 unspecified atom stereocenters. The van der Waals surface area contributed by atoms with Gasteiger partial charge in [0.2, 0.25) is 5.52 Å². The summed E-state index contributed by atoms with van der Waals surface area (Å²) >= 11 is 0. The summed E-state index contributed by atoms with van der Waals surface area (Å²) in [5.74, 6) is 0. The SMILES string of the molecule is CCCCCCCCCCN1C=C/C(=C/C=C/c2cc[n+](CCCCCCCCCC)c3ccccc23)c2ccccc21. The first-order chi connectivity index (χ1) is 21.3. The molecule has 0 amide bonds. The van der Waals surface area contributed by atoms with Crippen molar-refractivity contribution in [2.24, 2.45) is 0 Å². The smallest absolute Gasteiger partial charge is 0.213 e. The van der Waals surface area contributed by atoms with E-state index in [0.717, 1.165) is 13.1 Å². The van der Waals surface area contributed by atoms with Crippen LogP contribution in [0.15, 0.2) is 85.2 Å². The highest BCUT2D eigenvalue weighted by Gasteiger charge is 2.15. The van der Waals surface area contributed by atoms with Crippen LogP contribution in [0.4, 0.5) is 5.69 Å². The van der Waals surface area contributed by atoms with Gasteiger partial charge in [0, 0.05) is 42.5 Å². The van der Waals surface area contributed by atoms with Gasteiger partial charge >= 0.3 is 0 Å². The van der Waals surface area contributed by atoms with Crippen molar-refractivity contribution in [1.82, 2.24) is 0 Å². The zero-order valence-corrected chi connectivity index (χ0v) is 27.3. The average molecular weight is 578 g/mol. The minimum absolute atomic E-state index is 1.10. The van der Waals surface area contributed by atoms with Gasteiger partial charge in [0.1, 0.15) is 6.54 Å². The van der Waals surface area contributed by atoms with Crippen molar-refractivity contribution in [3.05, 3.63) is 96.3 Å². The molecule has 0 fully saturated rings. The Morgan fingerprint density at radius 3 is 2.02 bits per heavy atom. The second-order valence-electron chi connectivity index (χ2n) is 12.4. The number of fused-ring (bicyclic) bond motifs is 2. The number of allylic oxidation sites excluding steroid dienone is 4. The summed E-state index contributed by atoms with van der Waals surface area (Å²) in [6, 6.07) is 20.1. The fourth-order valence-electron chi connectivity index (χ4n) is 6.39. The molecule has 1 aromatic heterocycles. The van der Waals surface area contributed by atoms with Gasteiger partial charge < -0.3 is 4.90 Å². The summed E-state index contributed by atoms with van der Waals surface area (Å²) in [5, 5.41) is 1.33. The molecule has 230 valence electrons. The summed E-state index contributed by atoms with van der Waals surface area (Å²) < 4.78 is 2.45. The lowest BCUT2D eigenvalue weighted by molar-refractivity contribution is -0.671. The van der Waals surface area contributed by atoms with Crippen LogP contribution in [0.1, 0.15) is 128 Å². The summed E-state index contributed by atoms with van der Waals surface area (Å²) in [6.07, 6.45) is 35.4. The number of hydrogen-bond acceptors (Lipinski definition) is 1. The lowest BCUT2D eigenvalue weighted by Crippen LogP contribution is -2.34. The molecule has 0 radical (unpaired) electrons. The Labute approximate surface area is 263 Å². The van der Waals surface area contributed by atoms with Crippen LogP contribution in [0.25, 0.3) is 22.6 Å². The van der Waals surface area contributed by atoms with Crippen molar-refractivity contribution in [1.29, 1.82) is 0 Å². The van der Waals surface area contributed by atoms with Gasteiger partial charge in [-0.05, 0) is 42.2 Å². The third-order valence-electron chi connectivity index (χ3n) is 8.97. The van der Waals surface area contributed by atoms with Crippen LogP contribution in [-0.4, -0.2) is 6.54 Å². The van der Waals surface area contributed by atoms with Crippen LogP contribution in [0, 0.1) is 0 Å². The molecule has 1 aliphatic heterocycles. The lowest BCUT2D eigenvalue weighted by atomic mass is 9.98. The van der Waals surface area contributed by atoms with Crippen molar-refractivity contribution < 1.29 is 4.57 Å². The van der Waals surface area contributed by atoms with Crippen molar-refractivity contribution in [2.75, 3.05) is 11.4 Å². The van der Waals surface area contributed by atoms with Gasteiger partial charge in [-0.25, -0.2) is 0 Å². The van der Waals surface area contributed by atoms with E-state index in [9.17, 15) is 0 Å². The van der Waals surface area contributed by atoms with Crippen molar-refractivity contribution >= 4 is 28.2 Å². The maximum atomic E-state index is 2.45. The van der Waals surface area contributed by atoms with Crippen LogP contribution >= 0.6 is 0 Å². The normalized spacial score (nSPS) is 13.9. The Morgan fingerprint density at radius 2 is 1.28 bits per heavy atom. The molecule has 0 spiro atoms. The predicted octanol–water partition coefficient (Wildman–Crippen LogP) is 11.8. The number of anilines is 1. The van der Waals surface area contributed by atoms with Crippen LogP contribution in [0.5, 0.6) is 0 Å². The highest BCUT2D eigenvalue weighted by Crippen LogP contribution is 2.33. The largest absolute Gasteiger partial charge is 0.347 e. The molecule has 0 bridgehead atoms. The number of aryl methyl sites for hydroxylation is 1. The Hall–Kier alpha value is -3.13. The molecule has 2 heterocycles. The minimum Gasteiger partial charge on any atom is -0.347 e. The van der Waals surface area contributed by atoms with Gasteiger partial charge in [-0.1, -0.05) is 146 Å². The first kappa shape index (κ1) is 32.8. The fourth-order valence-corrected chi connectivity index (χ4v) is 6.39. The Kier molecular flexibility index (Phi) is 14.6. The molecular weight excluding hydrogens is 520 g/mol. The van der Waals surface area contributed by atoms with Gasteiger partial charge in [-0.3, -0.25) is 0 Å². The van der Waals surface area contributed by atoms with Crippen LogP contribution in [-0.2, 0) is 6.54 Å². The van der Waals surface area contributed by atoms with Crippen LogP contribution in [0.2, 0.25) is 0 Å². The molecule has 4 rings (SSSR count). The minimum atomic E-state index is 1.10. The first-order valence-electron chi connectivity index (χ1n) is 17.7. The van der Waals surface area contributed by atoms with Crippen molar-refractivity contribution in [3.63, 3.8) is 0 Å². The van der Waals surface area contributed by atoms with E-state index in [-0.39, 0.29) is 0 Å². The molecule has 0 saturated heterocycles. The van der Waals surface area contributed by atoms with E-state index in [4.69, 9.17) is 0 Å². The number of nitrogens with zero attached hydrogens (tertiary/aromatic N) is 2. The topological polar surface area (TPSA) is 7.12 Å². The standard InChI is InChI=1S/C41H57N2/c1-3-5-7-9-11-13-15-21-32-42-34-30-36(38-26-17-19-28-40(38)42)24-23-25-37-31-35-43(41-29-20-18-27-39(37)41)33-22-16-14-12-10-8-6-4-2/h17-20,23-31,34-35H,3-16,21-22,32-33H2,1-2H3/q+1. The first-order valence-corrected chi connectivity index (χ1v) is 17.7. The average Bonchev–Trinajstić information content (AvgIpc) is 3.05. The number of rotatable bonds is 20. The van der Waals surface area contributed by atoms with Gasteiger partial charge in [0.25, 0.3) is 0 Å². The molecule has 1 aliphatic rings. The van der Waals surface area contributed by atoms with Gasteiger partial charge in [0.05, 0.1) is 5.39 Å². The number of aromatic nitrogens is 1. The quantitative estimate of drug-likeness (QED) is 0.0957. The van der Waals surface area contributed by atoms with Gasteiger partial charge in [0.15, 0.2) is 6.20 Å². The molecule has 0 N–H and O–H groups in total. The number of unbranched alkanes of at least 4 members (excludes halogenated alkanes) is 14. The Bertz CT molecular complexity index is 1310. The number of benzene rings is 2. The van der Waals surface area contributed by atoms with Gasteiger partial charge in [-0.2, -0.15) is 4.57 Å². The van der Waals surface area contributed by atoms with Gasteiger partial charge in [-0.15, -0.1) is 0 Å². The fraction of sp³-hybridized carbons (Fsp3) is 0.488. The summed E-state index contributed by atoms with van der Waals surface area (Å²) in [5.41, 5.74) is 6.56. The predicted molar refractivity (Wildman–Crippen MR) is 189 cm³/mol. The van der Waals surface area contributed by atoms with E-state index in [0.29, 0.717) is 0 Å². The molecule has 43 heavy (non-hydrogen) atoms. The Balaban J connectivity index is 1.34. The van der Waals surface area contributed by atoms with E-state index >= 15 is 0 Å². The van der Waals surface area contributed by atoms with E-state index in [1.54, 1.807) is 0 Å². The molecule has 0 saturated carbocycles. The lowest BCUT2D eigenvalue weighted by Gasteiger charge is -2.27. The maximum absolute atomic E-state index is 2.45. The molecule has 2 aromatic carbocycles. The molecular formula is C41H57N2+. The van der Waals surface area contributed by atoms with E-state index in [1.165, 1.54) is 136 Å². The van der Waals surface area contributed by atoms with E-state index in [1.807, 2.05) is 0 Å². The van der Waals surface area contributed by atoms with Crippen molar-refractivity contribution in [3.8, 4) is 0 Å². The molecule has 0 atom stereocenters. The Morgan fingerprint density at radius 1 is 0.651 bits per heavy atom. The highest BCUT2D eigenvalue weighted by molar-refractivity contribution is 5.89.